The molecule has 1 unspecified atom stereocenters. The normalized spacial score (nSPS) is 17.0. The number of aromatic nitrogens is 1. The van der Waals surface area contributed by atoms with Gasteiger partial charge in [0.2, 0.25) is 5.91 Å². The molecular formula is C27H25N3O5. The molecule has 4 rings (SSSR count). The van der Waals surface area contributed by atoms with E-state index in [0.29, 0.717) is 28.3 Å². The molecule has 0 spiro atoms. The van der Waals surface area contributed by atoms with Crippen molar-refractivity contribution in [2.24, 2.45) is 0 Å². The van der Waals surface area contributed by atoms with Gasteiger partial charge in [-0.25, -0.2) is 0 Å². The number of rotatable bonds is 6. The molecule has 8 heteroatoms. The van der Waals surface area contributed by atoms with Crippen molar-refractivity contribution >= 4 is 34.7 Å². The van der Waals surface area contributed by atoms with Gasteiger partial charge in [0.25, 0.3) is 11.7 Å². The van der Waals surface area contributed by atoms with Crippen LogP contribution in [0.3, 0.4) is 0 Å². The van der Waals surface area contributed by atoms with Gasteiger partial charge in [0.15, 0.2) is 0 Å². The molecule has 1 aromatic heterocycles. The largest absolute Gasteiger partial charge is 0.507 e. The third kappa shape index (κ3) is 4.91. The Kier molecular flexibility index (Phi) is 6.64. The third-order valence-corrected chi connectivity index (χ3v) is 5.39. The standard InChI is InChI=1S/C27H25N3O5/c1-16(2)35-22-11-9-18(10-12-22)25(32)23-24(19-6-5-13-28-15-19)30(27(34)26(23)33)21-8-4-7-20(14-21)29-17(3)31/h4-16,24,32H,1-3H3,(H,29,31)/b25-23+. The van der Waals surface area contributed by atoms with Crippen LogP contribution in [0.1, 0.15) is 37.9 Å². The second-order valence-electron chi connectivity index (χ2n) is 8.38. The summed E-state index contributed by atoms with van der Waals surface area (Å²) in [6, 6.07) is 15.8. The number of ketones is 1. The predicted octanol–water partition coefficient (Wildman–Crippen LogP) is 4.45. The van der Waals surface area contributed by atoms with E-state index in [4.69, 9.17) is 4.74 Å². The zero-order chi connectivity index (χ0) is 25.1. The maximum absolute atomic E-state index is 13.2. The van der Waals surface area contributed by atoms with Gasteiger partial charge in [0.05, 0.1) is 17.7 Å². The van der Waals surface area contributed by atoms with E-state index in [1.54, 1.807) is 73.1 Å². The minimum atomic E-state index is -0.914. The lowest BCUT2D eigenvalue weighted by Crippen LogP contribution is -2.29. The molecule has 2 amide bonds. The van der Waals surface area contributed by atoms with Crippen molar-refractivity contribution < 1.29 is 24.2 Å². The molecule has 1 saturated heterocycles. The summed E-state index contributed by atoms with van der Waals surface area (Å²) >= 11 is 0. The summed E-state index contributed by atoms with van der Waals surface area (Å²) in [5.74, 6) is -1.55. The number of nitrogens with one attached hydrogen (secondary N) is 1. The Morgan fingerprint density at radius 2 is 1.83 bits per heavy atom. The fourth-order valence-corrected chi connectivity index (χ4v) is 4.01. The molecule has 1 aliphatic heterocycles. The average molecular weight is 472 g/mol. The van der Waals surface area contributed by atoms with E-state index < -0.39 is 17.7 Å². The summed E-state index contributed by atoms with van der Waals surface area (Å²) in [5, 5.41) is 13.9. The molecule has 1 atom stereocenters. The van der Waals surface area contributed by atoms with E-state index in [2.05, 4.69) is 10.3 Å². The highest BCUT2D eigenvalue weighted by atomic mass is 16.5. The van der Waals surface area contributed by atoms with Crippen molar-refractivity contribution in [1.82, 2.24) is 4.98 Å². The molecule has 35 heavy (non-hydrogen) atoms. The molecule has 3 aromatic rings. The molecular weight excluding hydrogens is 446 g/mol. The first-order valence-electron chi connectivity index (χ1n) is 11.1. The van der Waals surface area contributed by atoms with E-state index >= 15 is 0 Å². The highest BCUT2D eigenvalue weighted by Gasteiger charge is 2.47. The predicted molar refractivity (Wildman–Crippen MR) is 132 cm³/mol. The average Bonchev–Trinajstić information content (AvgIpc) is 3.09. The van der Waals surface area contributed by atoms with E-state index in [1.807, 2.05) is 13.8 Å². The van der Waals surface area contributed by atoms with Crippen LogP contribution in [0.2, 0.25) is 0 Å². The van der Waals surface area contributed by atoms with Crippen LogP contribution in [-0.2, 0) is 14.4 Å². The van der Waals surface area contributed by atoms with E-state index in [1.165, 1.54) is 11.8 Å². The van der Waals surface area contributed by atoms with Crippen LogP contribution in [-0.4, -0.2) is 33.8 Å². The van der Waals surface area contributed by atoms with E-state index in [9.17, 15) is 19.5 Å². The van der Waals surface area contributed by atoms with Crippen LogP contribution in [0.5, 0.6) is 5.75 Å². The van der Waals surface area contributed by atoms with Crippen LogP contribution >= 0.6 is 0 Å². The highest BCUT2D eigenvalue weighted by molar-refractivity contribution is 6.51. The Morgan fingerprint density at radius 1 is 1.09 bits per heavy atom. The van der Waals surface area contributed by atoms with Crippen LogP contribution in [0.15, 0.2) is 78.6 Å². The number of aliphatic hydroxyl groups is 1. The van der Waals surface area contributed by atoms with Gasteiger partial charge < -0.3 is 15.2 Å². The summed E-state index contributed by atoms with van der Waals surface area (Å²) in [7, 11) is 0. The number of anilines is 2. The summed E-state index contributed by atoms with van der Waals surface area (Å²) in [6.45, 7) is 5.19. The second kappa shape index (κ2) is 9.80. The Balaban J connectivity index is 1.84. The number of carbonyl (C=O) groups excluding carboxylic acids is 3. The molecule has 2 aromatic carbocycles. The Labute approximate surface area is 202 Å². The Morgan fingerprint density at radius 3 is 2.46 bits per heavy atom. The van der Waals surface area contributed by atoms with Gasteiger partial charge in [-0.2, -0.15) is 0 Å². The molecule has 0 bridgehead atoms. The quantitative estimate of drug-likeness (QED) is 0.312. The topological polar surface area (TPSA) is 109 Å². The molecule has 0 saturated carbocycles. The minimum Gasteiger partial charge on any atom is -0.507 e. The van der Waals surface area contributed by atoms with Gasteiger partial charge in [-0.3, -0.25) is 24.3 Å². The third-order valence-electron chi connectivity index (χ3n) is 5.39. The van der Waals surface area contributed by atoms with Crippen molar-refractivity contribution in [3.05, 3.63) is 89.8 Å². The van der Waals surface area contributed by atoms with E-state index in [0.717, 1.165) is 0 Å². The molecule has 8 nitrogen and oxygen atoms in total. The van der Waals surface area contributed by atoms with Gasteiger partial charge in [0, 0.05) is 36.3 Å². The Bertz CT molecular complexity index is 1300. The summed E-state index contributed by atoms with van der Waals surface area (Å²) in [5.41, 5.74) is 1.75. The molecule has 0 aliphatic carbocycles. The van der Waals surface area contributed by atoms with Crippen LogP contribution in [0, 0.1) is 0 Å². The molecule has 2 N–H and O–H groups in total. The molecule has 2 heterocycles. The lowest BCUT2D eigenvalue weighted by Gasteiger charge is -2.25. The molecule has 1 fully saturated rings. The van der Waals surface area contributed by atoms with Crippen LogP contribution in [0.25, 0.3) is 5.76 Å². The fraction of sp³-hybridized carbons (Fsp3) is 0.185. The Hall–Kier alpha value is -4.46. The van der Waals surface area contributed by atoms with Gasteiger partial charge in [0.1, 0.15) is 11.5 Å². The summed E-state index contributed by atoms with van der Waals surface area (Å²) in [6.07, 6.45) is 3.12. The van der Waals surface area contributed by atoms with Gasteiger partial charge in [-0.15, -0.1) is 0 Å². The van der Waals surface area contributed by atoms with Crippen molar-refractivity contribution in [1.29, 1.82) is 0 Å². The van der Waals surface area contributed by atoms with Crippen molar-refractivity contribution in [3.63, 3.8) is 0 Å². The maximum atomic E-state index is 13.2. The SMILES string of the molecule is CC(=O)Nc1cccc(N2C(=O)C(=O)/C(=C(/O)c3ccc(OC(C)C)cc3)C2c2cccnc2)c1. The number of pyridine rings is 1. The number of benzene rings is 2. The van der Waals surface area contributed by atoms with Crippen molar-refractivity contribution in [2.75, 3.05) is 10.2 Å². The lowest BCUT2D eigenvalue weighted by atomic mass is 9.96. The van der Waals surface area contributed by atoms with Crippen molar-refractivity contribution in [2.45, 2.75) is 32.9 Å². The zero-order valence-electron chi connectivity index (χ0n) is 19.6. The zero-order valence-corrected chi connectivity index (χ0v) is 19.6. The van der Waals surface area contributed by atoms with Gasteiger partial charge in [-0.1, -0.05) is 12.1 Å². The molecule has 1 aliphatic rings. The van der Waals surface area contributed by atoms with Crippen LogP contribution in [0.4, 0.5) is 11.4 Å². The molecule has 0 radical (unpaired) electrons. The fourth-order valence-electron chi connectivity index (χ4n) is 4.01. The number of ether oxygens (including phenoxy) is 1. The number of aliphatic hydroxyl groups excluding tert-OH is 1. The monoisotopic (exact) mass is 471 g/mol. The molecule has 178 valence electrons. The second-order valence-corrected chi connectivity index (χ2v) is 8.38. The number of hydrogen-bond donors (Lipinski definition) is 2. The van der Waals surface area contributed by atoms with Crippen LogP contribution < -0.4 is 15.0 Å². The summed E-state index contributed by atoms with van der Waals surface area (Å²) in [4.78, 5) is 43.5. The number of amides is 2. The van der Waals surface area contributed by atoms with Gasteiger partial charge >= 0.3 is 0 Å². The van der Waals surface area contributed by atoms with E-state index in [-0.39, 0.29) is 23.3 Å². The highest BCUT2D eigenvalue weighted by Crippen LogP contribution is 2.42. The first-order chi connectivity index (χ1) is 16.8. The minimum absolute atomic E-state index is 0.0152. The maximum Gasteiger partial charge on any atom is 0.300 e. The number of hydrogen-bond acceptors (Lipinski definition) is 6. The smallest absolute Gasteiger partial charge is 0.300 e. The van der Waals surface area contributed by atoms with Crippen molar-refractivity contribution in [3.8, 4) is 5.75 Å². The number of carbonyl (C=O) groups is 3. The van der Waals surface area contributed by atoms with Gasteiger partial charge in [-0.05, 0) is 67.9 Å². The number of Topliss-reactive ketones (excluding diaryl/α,β-unsaturated/α-hetero) is 1. The number of nitrogens with zero attached hydrogens (tertiary/aromatic N) is 2. The first kappa shape index (κ1) is 23.7. The lowest BCUT2D eigenvalue weighted by molar-refractivity contribution is -0.132. The summed E-state index contributed by atoms with van der Waals surface area (Å²) < 4.78 is 5.65. The first-order valence-corrected chi connectivity index (χ1v) is 11.1.